The van der Waals surface area contributed by atoms with Gasteiger partial charge in [-0.2, -0.15) is 0 Å². The Morgan fingerprint density at radius 1 is 1.23 bits per heavy atom. The van der Waals surface area contributed by atoms with Crippen LogP contribution < -0.4 is 4.74 Å². The summed E-state index contributed by atoms with van der Waals surface area (Å²) in [6, 6.07) is 3.65. The topological polar surface area (TPSA) is 72.4 Å². The van der Waals surface area contributed by atoms with Gasteiger partial charge in [0.1, 0.15) is 11.9 Å². The second-order valence-electron chi connectivity index (χ2n) is 7.74. The molecule has 1 aliphatic rings. The zero-order valence-electron chi connectivity index (χ0n) is 15.5. The van der Waals surface area contributed by atoms with Gasteiger partial charge in [0.25, 0.3) is 0 Å². The van der Waals surface area contributed by atoms with E-state index in [-0.39, 0.29) is 16.8 Å². The number of rotatable bonds is 3. The van der Waals surface area contributed by atoms with Crippen LogP contribution in [0.25, 0.3) is 10.9 Å². The zero-order valence-corrected chi connectivity index (χ0v) is 17.9. The number of sulfone groups is 1. The van der Waals surface area contributed by atoms with Gasteiger partial charge in [0.05, 0.1) is 9.99 Å². The number of hydrogen-bond donors (Lipinski definition) is 0. The normalized spacial score (nSPS) is 17.6. The van der Waals surface area contributed by atoms with Crippen molar-refractivity contribution in [1.29, 1.82) is 0 Å². The molecule has 26 heavy (non-hydrogen) atoms. The van der Waals surface area contributed by atoms with E-state index in [9.17, 15) is 8.42 Å². The maximum absolute atomic E-state index is 11.7. The lowest BCUT2D eigenvalue weighted by molar-refractivity contribution is 0.0489. The molecule has 0 amide bonds. The van der Waals surface area contributed by atoms with Gasteiger partial charge in [-0.25, -0.2) is 18.4 Å². The van der Waals surface area contributed by atoms with Gasteiger partial charge in [-0.1, -0.05) is 0 Å². The van der Waals surface area contributed by atoms with Crippen LogP contribution in [0.15, 0.2) is 28.0 Å². The third kappa shape index (κ3) is 4.35. The molecule has 3 rings (SSSR count). The van der Waals surface area contributed by atoms with Crippen molar-refractivity contribution < 1.29 is 13.2 Å². The van der Waals surface area contributed by atoms with Crippen molar-refractivity contribution in [2.24, 2.45) is 0 Å². The molecule has 0 unspecified atom stereocenters. The second-order valence-corrected chi connectivity index (χ2v) is 10.5. The standard InChI is InChI=1S/C18H24BrN3O3S/c1-18(2,3)22-7-5-13(6-8-22)25-16-10-15-12(9-14(16)19)11-20-17(21-15)26(4,23)24/h9-11,13H,5-8H2,1-4H3. The summed E-state index contributed by atoms with van der Waals surface area (Å²) in [5, 5.41) is 0.593. The minimum absolute atomic E-state index is 0.138. The molecule has 1 saturated heterocycles. The van der Waals surface area contributed by atoms with Crippen LogP contribution >= 0.6 is 15.9 Å². The number of likely N-dealkylation sites (tertiary alicyclic amines) is 1. The van der Waals surface area contributed by atoms with Gasteiger partial charge >= 0.3 is 0 Å². The van der Waals surface area contributed by atoms with Crippen molar-refractivity contribution >= 4 is 36.7 Å². The average Bonchev–Trinajstić information content (AvgIpc) is 2.54. The predicted octanol–water partition coefficient (Wildman–Crippen LogP) is 3.44. The largest absolute Gasteiger partial charge is 0.489 e. The summed E-state index contributed by atoms with van der Waals surface area (Å²) in [6.45, 7) is 8.69. The smallest absolute Gasteiger partial charge is 0.247 e. The Kier molecular flexibility index (Phi) is 5.29. The van der Waals surface area contributed by atoms with E-state index in [1.807, 2.05) is 6.07 Å². The van der Waals surface area contributed by atoms with Crippen molar-refractivity contribution in [1.82, 2.24) is 14.9 Å². The van der Waals surface area contributed by atoms with Crippen molar-refractivity contribution in [3.8, 4) is 5.75 Å². The number of halogens is 1. The summed E-state index contributed by atoms with van der Waals surface area (Å²) in [4.78, 5) is 10.6. The number of aromatic nitrogens is 2. The van der Waals surface area contributed by atoms with E-state index in [1.54, 1.807) is 6.07 Å². The molecule has 8 heteroatoms. The number of nitrogens with zero attached hydrogens (tertiary/aromatic N) is 3. The van der Waals surface area contributed by atoms with Gasteiger partial charge in [0, 0.05) is 42.5 Å². The van der Waals surface area contributed by atoms with Gasteiger partial charge in [0.15, 0.2) is 0 Å². The molecular weight excluding hydrogens is 418 g/mol. The third-order valence-corrected chi connectivity index (χ3v) is 6.11. The molecule has 0 N–H and O–H groups in total. The summed E-state index contributed by atoms with van der Waals surface area (Å²) in [6.07, 6.45) is 4.68. The van der Waals surface area contributed by atoms with Gasteiger partial charge in [-0.3, -0.25) is 4.90 Å². The van der Waals surface area contributed by atoms with Crippen LogP contribution in [-0.2, 0) is 9.84 Å². The highest BCUT2D eigenvalue weighted by Crippen LogP contribution is 2.32. The number of hydrogen-bond acceptors (Lipinski definition) is 6. The molecule has 2 aromatic rings. The molecule has 6 nitrogen and oxygen atoms in total. The Hall–Kier alpha value is -1.25. The Morgan fingerprint density at radius 3 is 2.46 bits per heavy atom. The molecule has 0 spiro atoms. The van der Waals surface area contributed by atoms with Crippen molar-refractivity contribution in [3.05, 3.63) is 22.8 Å². The van der Waals surface area contributed by atoms with Crippen molar-refractivity contribution in [2.45, 2.75) is 50.4 Å². The highest BCUT2D eigenvalue weighted by Gasteiger charge is 2.28. The van der Waals surface area contributed by atoms with Crippen molar-refractivity contribution in [2.75, 3.05) is 19.3 Å². The lowest BCUT2D eigenvalue weighted by atomic mass is 9.99. The second kappa shape index (κ2) is 7.05. The number of ether oxygens (including phenoxy) is 1. The van der Waals surface area contributed by atoms with Gasteiger partial charge < -0.3 is 4.74 Å². The van der Waals surface area contributed by atoms with Crippen molar-refractivity contribution in [3.63, 3.8) is 0 Å². The molecule has 0 bridgehead atoms. The van der Waals surface area contributed by atoms with Gasteiger partial charge in [-0.05, 0) is 55.6 Å². The van der Waals surface area contributed by atoms with E-state index in [1.165, 1.54) is 6.20 Å². The number of piperidine rings is 1. The highest BCUT2D eigenvalue weighted by molar-refractivity contribution is 9.10. The Bertz CT molecular complexity index is 917. The Labute approximate surface area is 163 Å². The van der Waals surface area contributed by atoms with E-state index in [2.05, 4.69) is 51.6 Å². The molecular formula is C18H24BrN3O3S. The summed E-state index contributed by atoms with van der Waals surface area (Å²) in [7, 11) is -3.44. The molecule has 0 aliphatic carbocycles. The molecule has 0 atom stereocenters. The minimum Gasteiger partial charge on any atom is -0.489 e. The van der Waals surface area contributed by atoms with E-state index >= 15 is 0 Å². The first-order valence-corrected chi connectivity index (χ1v) is 11.3. The molecule has 142 valence electrons. The average molecular weight is 442 g/mol. The number of benzene rings is 1. The lowest BCUT2D eigenvalue weighted by Gasteiger charge is -2.40. The molecule has 1 aromatic heterocycles. The molecule has 1 fully saturated rings. The molecule has 1 aliphatic heterocycles. The van der Waals surface area contributed by atoms with Gasteiger partial charge in [0.2, 0.25) is 15.0 Å². The Morgan fingerprint density at radius 2 is 1.88 bits per heavy atom. The maximum atomic E-state index is 11.7. The summed E-state index contributed by atoms with van der Waals surface area (Å²) < 4.78 is 30.4. The fourth-order valence-corrected chi connectivity index (χ4v) is 4.07. The molecule has 0 saturated carbocycles. The molecule has 2 heterocycles. The molecule has 1 aromatic carbocycles. The van der Waals surface area contributed by atoms with Crippen LogP contribution in [0.4, 0.5) is 0 Å². The minimum atomic E-state index is -3.44. The first-order chi connectivity index (χ1) is 12.0. The van der Waals surface area contributed by atoms with E-state index in [0.717, 1.165) is 42.0 Å². The van der Waals surface area contributed by atoms with Gasteiger partial charge in [-0.15, -0.1) is 0 Å². The SMILES string of the molecule is CC(C)(C)N1CCC(Oc2cc3nc(S(C)(=O)=O)ncc3cc2Br)CC1. The third-order valence-electron chi connectivity index (χ3n) is 4.63. The van der Waals surface area contributed by atoms with Crippen LogP contribution in [0.5, 0.6) is 5.75 Å². The monoisotopic (exact) mass is 441 g/mol. The first-order valence-electron chi connectivity index (χ1n) is 8.62. The van der Waals surface area contributed by atoms with E-state index in [4.69, 9.17) is 4.74 Å². The number of fused-ring (bicyclic) bond motifs is 1. The lowest BCUT2D eigenvalue weighted by Crippen LogP contribution is -2.48. The van der Waals surface area contributed by atoms with E-state index < -0.39 is 9.84 Å². The van der Waals surface area contributed by atoms with Crippen LogP contribution in [0.1, 0.15) is 33.6 Å². The zero-order chi connectivity index (χ0) is 19.1. The summed E-state index contributed by atoms with van der Waals surface area (Å²) in [5.41, 5.74) is 0.735. The summed E-state index contributed by atoms with van der Waals surface area (Å²) >= 11 is 3.54. The predicted molar refractivity (Wildman–Crippen MR) is 105 cm³/mol. The van der Waals surface area contributed by atoms with Crippen LogP contribution in [0.3, 0.4) is 0 Å². The van der Waals surface area contributed by atoms with E-state index in [0.29, 0.717) is 11.3 Å². The maximum Gasteiger partial charge on any atom is 0.247 e. The molecule has 0 radical (unpaired) electrons. The quantitative estimate of drug-likeness (QED) is 0.679. The first kappa shape index (κ1) is 19.5. The highest BCUT2D eigenvalue weighted by atomic mass is 79.9. The van der Waals surface area contributed by atoms with Crippen LogP contribution in [-0.4, -0.2) is 54.3 Å². The van der Waals surface area contributed by atoms with Crippen LogP contribution in [0, 0.1) is 0 Å². The van der Waals surface area contributed by atoms with Crippen LogP contribution in [0.2, 0.25) is 0 Å². The summed E-state index contributed by atoms with van der Waals surface area (Å²) in [5.74, 6) is 0.685. The fourth-order valence-electron chi connectivity index (χ4n) is 3.11. The fraction of sp³-hybridized carbons (Fsp3) is 0.556. The Balaban J connectivity index is 1.81.